The molecular formula is C16H14BrN3OS. The Kier molecular flexibility index (Phi) is 4.22. The second-order valence-electron chi connectivity index (χ2n) is 4.81. The minimum atomic E-state index is -0.165. The monoisotopic (exact) mass is 375 g/mol. The van der Waals surface area contributed by atoms with Gasteiger partial charge in [-0.05, 0) is 59.4 Å². The Bertz CT molecular complexity index is 860. The number of thioether (sulfide) groups is 1. The minimum absolute atomic E-state index is 0.165. The van der Waals surface area contributed by atoms with Crippen molar-refractivity contribution in [3.63, 3.8) is 0 Å². The Morgan fingerprint density at radius 2 is 2.14 bits per heavy atom. The largest absolute Gasteiger partial charge is 0.321 e. The molecular weight excluding hydrogens is 362 g/mol. The fraction of sp³-hybridized carbons (Fsp3) is 0.125. The number of carbonyl (C=O) groups excluding carboxylic acids is 1. The first-order valence-electron chi connectivity index (χ1n) is 6.68. The van der Waals surface area contributed by atoms with E-state index < -0.39 is 0 Å². The molecule has 1 aromatic carbocycles. The van der Waals surface area contributed by atoms with E-state index in [9.17, 15) is 4.79 Å². The number of aromatic nitrogens is 2. The van der Waals surface area contributed by atoms with Crippen molar-refractivity contribution in [1.82, 2.24) is 9.38 Å². The molecule has 0 bridgehead atoms. The van der Waals surface area contributed by atoms with Gasteiger partial charge in [-0.15, -0.1) is 11.8 Å². The molecule has 0 fully saturated rings. The number of rotatable bonds is 3. The Morgan fingerprint density at radius 3 is 2.91 bits per heavy atom. The molecule has 0 spiro atoms. The van der Waals surface area contributed by atoms with Crippen LogP contribution < -0.4 is 5.32 Å². The SMILES string of the molecule is CSc1cccc(NC(=O)c2c(C)nc3ccc(Br)cn23)c1. The lowest BCUT2D eigenvalue weighted by Gasteiger charge is -2.07. The molecule has 3 aromatic rings. The van der Waals surface area contributed by atoms with Crippen LogP contribution in [0.3, 0.4) is 0 Å². The summed E-state index contributed by atoms with van der Waals surface area (Å²) in [6.07, 6.45) is 3.86. The molecule has 0 saturated carbocycles. The molecule has 4 nitrogen and oxygen atoms in total. The van der Waals surface area contributed by atoms with Gasteiger partial charge in [0.2, 0.25) is 0 Å². The molecule has 2 aromatic heterocycles. The molecule has 1 N–H and O–H groups in total. The molecule has 2 heterocycles. The highest BCUT2D eigenvalue weighted by atomic mass is 79.9. The fourth-order valence-corrected chi connectivity index (χ4v) is 3.10. The summed E-state index contributed by atoms with van der Waals surface area (Å²) < 4.78 is 2.70. The van der Waals surface area contributed by atoms with Gasteiger partial charge in [-0.2, -0.15) is 0 Å². The van der Waals surface area contributed by atoms with Crippen LogP contribution in [0.1, 0.15) is 16.2 Å². The molecule has 0 radical (unpaired) electrons. The average molecular weight is 376 g/mol. The first-order valence-corrected chi connectivity index (χ1v) is 8.70. The highest BCUT2D eigenvalue weighted by molar-refractivity contribution is 9.10. The van der Waals surface area contributed by atoms with Crippen molar-refractivity contribution in [1.29, 1.82) is 0 Å². The van der Waals surface area contributed by atoms with Crippen LogP contribution in [0.2, 0.25) is 0 Å². The maximum Gasteiger partial charge on any atom is 0.274 e. The lowest BCUT2D eigenvalue weighted by Crippen LogP contribution is -2.15. The van der Waals surface area contributed by atoms with Gasteiger partial charge in [0.05, 0.1) is 5.69 Å². The number of imidazole rings is 1. The number of hydrogen-bond donors (Lipinski definition) is 1. The molecule has 0 aliphatic rings. The van der Waals surface area contributed by atoms with Gasteiger partial charge in [-0.25, -0.2) is 4.98 Å². The van der Waals surface area contributed by atoms with Crippen molar-refractivity contribution >= 4 is 44.9 Å². The van der Waals surface area contributed by atoms with Gasteiger partial charge in [-0.1, -0.05) is 6.07 Å². The maximum atomic E-state index is 12.6. The van der Waals surface area contributed by atoms with Crippen LogP contribution in [0.4, 0.5) is 5.69 Å². The van der Waals surface area contributed by atoms with Crippen molar-refractivity contribution in [2.24, 2.45) is 0 Å². The number of aryl methyl sites for hydroxylation is 1. The van der Waals surface area contributed by atoms with Crippen molar-refractivity contribution in [3.8, 4) is 0 Å². The summed E-state index contributed by atoms with van der Waals surface area (Å²) in [5, 5.41) is 2.94. The van der Waals surface area contributed by atoms with Gasteiger partial charge in [0, 0.05) is 21.3 Å². The Hall–Kier alpha value is -1.79. The molecule has 0 aliphatic carbocycles. The summed E-state index contributed by atoms with van der Waals surface area (Å²) >= 11 is 5.07. The highest BCUT2D eigenvalue weighted by Crippen LogP contribution is 2.21. The third kappa shape index (κ3) is 2.89. The third-order valence-electron chi connectivity index (χ3n) is 3.30. The maximum absolute atomic E-state index is 12.6. The highest BCUT2D eigenvalue weighted by Gasteiger charge is 2.17. The molecule has 112 valence electrons. The number of carbonyl (C=O) groups is 1. The summed E-state index contributed by atoms with van der Waals surface area (Å²) in [6, 6.07) is 11.6. The molecule has 1 amide bonds. The second-order valence-corrected chi connectivity index (χ2v) is 6.60. The molecule has 0 unspecified atom stereocenters. The molecule has 6 heteroatoms. The number of benzene rings is 1. The van der Waals surface area contributed by atoms with Crippen LogP contribution in [0.5, 0.6) is 0 Å². The van der Waals surface area contributed by atoms with Gasteiger partial charge in [0.15, 0.2) is 0 Å². The molecule has 3 rings (SSSR count). The Balaban J connectivity index is 1.98. The van der Waals surface area contributed by atoms with E-state index in [2.05, 4.69) is 26.2 Å². The van der Waals surface area contributed by atoms with Gasteiger partial charge < -0.3 is 5.32 Å². The lowest BCUT2D eigenvalue weighted by atomic mass is 10.3. The standard InChI is InChI=1S/C16H14BrN3OS/c1-10-15(20-9-11(17)6-7-14(20)18-10)16(21)19-12-4-3-5-13(8-12)22-2/h3-9H,1-2H3,(H,19,21). The summed E-state index contributed by atoms with van der Waals surface area (Å²) in [5.41, 5.74) is 2.78. The number of nitrogens with one attached hydrogen (secondary N) is 1. The normalized spacial score (nSPS) is 10.9. The summed E-state index contributed by atoms with van der Waals surface area (Å²) in [4.78, 5) is 18.2. The summed E-state index contributed by atoms with van der Waals surface area (Å²) in [7, 11) is 0. The van der Waals surface area contributed by atoms with E-state index in [0.29, 0.717) is 11.4 Å². The Morgan fingerprint density at radius 1 is 1.32 bits per heavy atom. The van der Waals surface area contributed by atoms with Crippen molar-refractivity contribution in [2.75, 3.05) is 11.6 Å². The van der Waals surface area contributed by atoms with E-state index in [0.717, 1.165) is 20.7 Å². The van der Waals surface area contributed by atoms with Gasteiger partial charge in [0.1, 0.15) is 11.3 Å². The van der Waals surface area contributed by atoms with Gasteiger partial charge in [-0.3, -0.25) is 9.20 Å². The van der Waals surface area contributed by atoms with Gasteiger partial charge >= 0.3 is 0 Å². The quantitative estimate of drug-likeness (QED) is 0.690. The third-order valence-corrected chi connectivity index (χ3v) is 4.49. The molecule has 0 saturated heterocycles. The van der Waals surface area contributed by atoms with E-state index >= 15 is 0 Å². The van der Waals surface area contributed by atoms with Crippen LogP contribution in [0, 0.1) is 6.92 Å². The molecule has 0 atom stereocenters. The van der Waals surface area contributed by atoms with E-state index in [1.807, 2.05) is 55.8 Å². The Labute approximate surface area is 141 Å². The lowest BCUT2D eigenvalue weighted by molar-refractivity contribution is 0.102. The van der Waals surface area contributed by atoms with E-state index in [1.54, 1.807) is 16.2 Å². The number of nitrogens with zero attached hydrogens (tertiary/aromatic N) is 2. The predicted molar refractivity (Wildman–Crippen MR) is 93.8 cm³/mol. The molecule has 0 aliphatic heterocycles. The fourth-order valence-electron chi connectivity index (χ4n) is 2.30. The number of pyridine rings is 1. The number of amides is 1. The van der Waals surface area contributed by atoms with Crippen LogP contribution in [0.15, 0.2) is 52.0 Å². The van der Waals surface area contributed by atoms with Crippen LogP contribution in [-0.2, 0) is 0 Å². The summed E-state index contributed by atoms with van der Waals surface area (Å²) in [6.45, 7) is 1.84. The molecule has 22 heavy (non-hydrogen) atoms. The number of anilines is 1. The van der Waals surface area contributed by atoms with E-state index in [-0.39, 0.29) is 5.91 Å². The zero-order valence-electron chi connectivity index (χ0n) is 12.1. The zero-order chi connectivity index (χ0) is 15.7. The number of halogens is 1. The van der Waals surface area contributed by atoms with Gasteiger partial charge in [0.25, 0.3) is 5.91 Å². The predicted octanol–water partition coefficient (Wildman–Crippen LogP) is 4.38. The van der Waals surface area contributed by atoms with E-state index in [1.165, 1.54) is 0 Å². The topological polar surface area (TPSA) is 46.4 Å². The average Bonchev–Trinajstić information content (AvgIpc) is 2.82. The first kappa shape index (κ1) is 15.1. The minimum Gasteiger partial charge on any atom is -0.321 e. The first-order chi connectivity index (χ1) is 10.6. The van der Waals surface area contributed by atoms with Crippen molar-refractivity contribution < 1.29 is 4.79 Å². The summed E-state index contributed by atoms with van der Waals surface area (Å²) in [5.74, 6) is -0.165. The number of hydrogen-bond acceptors (Lipinski definition) is 3. The van der Waals surface area contributed by atoms with Crippen LogP contribution >= 0.6 is 27.7 Å². The van der Waals surface area contributed by atoms with E-state index in [4.69, 9.17) is 0 Å². The smallest absolute Gasteiger partial charge is 0.274 e. The van der Waals surface area contributed by atoms with Crippen LogP contribution in [-0.4, -0.2) is 21.5 Å². The number of fused-ring (bicyclic) bond motifs is 1. The van der Waals surface area contributed by atoms with Crippen molar-refractivity contribution in [3.05, 3.63) is 58.5 Å². The van der Waals surface area contributed by atoms with Crippen molar-refractivity contribution in [2.45, 2.75) is 11.8 Å². The second kappa shape index (κ2) is 6.14. The van der Waals surface area contributed by atoms with Crippen LogP contribution in [0.25, 0.3) is 5.65 Å². The zero-order valence-corrected chi connectivity index (χ0v) is 14.5.